The Morgan fingerprint density at radius 3 is 2.70 bits per heavy atom. The zero-order valence-electron chi connectivity index (χ0n) is 12.3. The third-order valence-electron chi connectivity index (χ3n) is 4.67. The van der Waals surface area contributed by atoms with Crippen LogP contribution in [-0.2, 0) is 6.54 Å². The number of rotatable bonds is 3. The van der Waals surface area contributed by atoms with E-state index in [1.165, 1.54) is 44.2 Å². The van der Waals surface area contributed by atoms with Crippen LogP contribution in [0.3, 0.4) is 0 Å². The molecule has 1 aromatic rings. The van der Waals surface area contributed by atoms with E-state index in [9.17, 15) is 0 Å². The maximum absolute atomic E-state index is 6.20. The number of nitrogens with zero attached hydrogens (tertiary/aromatic N) is 4. The minimum atomic E-state index is 0.278. The molecule has 0 saturated heterocycles. The number of aromatic nitrogens is 2. The van der Waals surface area contributed by atoms with Gasteiger partial charge in [0.15, 0.2) is 5.96 Å². The minimum Gasteiger partial charge on any atom is -0.370 e. The van der Waals surface area contributed by atoms with Crippen molar-refractivity contribution in [2.24, 2.45) is 10.7 Å². The lowest BCUT2D eigenvalue weighted by atomic mass is 10.0. The van der Waals surface area contributed by atoms with E-state index in [4.69, 9.17) is 5.73 Å². The van der Waals surface area contributed by atoms with Crippen molar-refractivity contribution in [1.29, 1.82) is 0 Å². The molecule has 1 aromatic heterocycles. The lowest BCUT2D eigenvalue weighted by molar-refractivity contribution is 0.230. The molecule has 2 heterocycles. The highest BCUT2D eigenvalue weighted by Crippen LogP contribution is 2.32. The van der Waals surface area contributed by atoms with Crippen molar-refractivity contribution in [2.45, 2.75) is 64.1 Å². The van der Waals surface area contributed by atoms with Crippen LogP contribution in [0.25, 0.3) is 0 Å². The summed E-state index contributed by atoms with van der Waals surface area (Å²) in [6.07, 6.45) is 11.7. The van der Waals surface area contributed by atoms with Crippen molar-refractivity contribution in [3.8, 4) is 0 Å². The largest absolute Gasteiger partial charge is 0.370 e. The fourth-order valence-corrected chi connectivity index (χ4v) is 3.60. The molecule has 3 rings (SSSR count). The number of hydrogen-bond acceptors (Lipinski definition) is 4. The SMILES string of the molecule is CCn1cncc1C1CN=C(N)N1C1CCCCCC1. The highest BCUT2D eigenvalue weighted by atomic mass is 15.4. The average Bonchev–Trinajstić information content (AvgIpc) is 2.97. The molecule has 0 amide bonds. The monoisotopic (exact) mass is 275 g/mol. The average molecular weight is 275 g/mol. The Bertz CT molecular complexity index is 470. The Morgan fingerprint density at radius 1 is 1.25 bits per heavy atom. The van der Waals surface area contributed by atoms with Crippen LogP contribution in [0.5, 0.6) is 0 Å². The normalized spacial score (nSPS) is 24.8. The molecule has 1 aliphatic carbocycles. The van der Waals surface area contributed by atoms with Crippen LogP contribution in [0.4, 0.5) is 0 Å². The predicted molar refractivity (Wildman–Crippen MR) is 80.5 cm³/mol. The summed E-state index contributed by atoms with van der Waals surface area (Å²) in [6.45, 7) is 3.87. The molecule has 0 bridgehead atoms. The maximum Gasteiger partial charge on any atom is 0.192 e. The Labute approximate surface area is 120 Å². The van der Waals surface area contributed by atoms with E-state index in [0.717, 1.165) is 19.0 Å². The molecular formula is C15H25N5. The second kappa shape index (κ2) is 5.85. The van der Waals surface area contributed by atoms with E-state index >= 15 is 0 Å². The van der Waals surface area contributed by atoms with E-state index in [2.05, 4.69) is 26.4 Å². The van der Waals surface area contributed by atoms with Gasteiger partial charge in [-0.15, -0.1) is 0 Å². The first kappa shape index (κ1) is 13.5. The van der Waals surface area contributed by atoms with Crippen molar-refractivity contribution in [3.63, 3.8) is 0 Å². The Balaban J connectivity index is 1.84. The summed E-state index contributed by atoms with van der Waals surface area (Å²) in [5.41, 5.74) is 7.45. The second-order valence-electron chi connectivity index (χ2n) is 5.87. The second-order valence-corrected chi connectivity index (χ2v) is 5.87. The van der Waals surface area contributed by atoms with E-state index in [-0.39, 0.29) is 6.04 Å². The molecule has 2 aliphatic rings. The standard InChI is InChI=1S/C15H25N5/c1-2-19-11-17-9-13(19)14-10-18-15(16)20(14)12-7-5-3-4-6-8-12/h9,11-12,14H,2-8,10H2,1H3,(H2,16,18). The van der Waals surface area contributed by atoms with Crippen LogP contribution >= 0.6 is 0 Å². The fourth-order valence-electron chi connectivity index (χ4n) is 3.60. The molecule has 0 aromatic carbocycles. The number of hydrogen-bond donors (Lipinski definition) is 1. The maximum atomic E-state index is 6.20. The molecule has 5 nitrogen and oxygen atoms in total. The molecule has 20 heavy (non-hydrogen) atoms. The summed E-state index contributed by atoms with van der Waals surface area (Å²) in [5, 5.41) is 0. The molecule has 1 saturated carbocycles. The molecule has 0 spiro atoms. The van der Waals surface area contributed by atoms with Gasteiger partial charge in [-0.05, 0) is 19.8 Å². The van der Waals surface area contributed by atoms with Crippen LogP contribution in [0.15, 0.2) is 17.5 Å². The number of nitrogens with two attached hydrogens (primary N) is 1. The third kappa shape index (κ3) is 2.41. The number of imidazole rings is 1. The summed E-state index contributed by atoms with van der Waals surface area (Å²) in [6, 6.07) is 0.828. The van der Waals surface area contributed by atoms with Crippen LogP contribution in [0.2, 0.25) is 0 Å². The molecule has 2 N–H and O–H groups in total. The quantitative estimate of drug-likeness (QED) is 0.861. The zero-order chi connectivity index (χ0) is 13.9. The van der Waals surface area contributed by atoms with Crippen molar-refractivity contribution >= 4 is 5.96 Å². The van der Waals surface area contributed by atoms with Crippen molar-refractivity contribution in [1.82, 2.24) is 14.5 Å². The summed E-state index contributed by atoms with van der Waals surface area (Å²) in [5.74, 6) is 0.728. The third-order valence-corrected chi connectivity index (χ3v) is 4.67. The molecule has 1 fully saturated rings. The molecule has 0 radical (unpaired) electrons. The van der Waals surface area contributed by atoms with Crippen LogP contribution < -0.4 is 5.73 Å². The Morgan fingerprint density at radius 2 is 2.00 bits per heavy atom. The van der Waals surface area contributed by atoms with Gasteiger partial charge in [0.05, 0.1) is 30.8 Å². The van der Waals surface area contributed by atoms with Gasteiger partial charge in [0.1, 0.15) is 0 Å². The van der Waals surface area contributed by atoms with E-state index in [1.807, 2.05) is 12.5 Å². The van der Waals surface area contributed by atoms with Crippen LogP contribution in [0.1, 0.15) is 57.2 Å². The lowest BCUT2D eigenvalue weighted by Gasteiger charge is -2.34. The summed E-state index contributed by atoms with van der Waals surface area (Å²) < 4.78 is 2.21. The van der Waals surface area contributed by atoms with E-state index in [0.29, 0.717) is 6.04 Å². The van der Waals surface area contributed by atoms with Crippen molar-refractivity contribution < 1.29 is 0 Å². The van der Waals surface area contributed by atoms with Gasteiger partial charge < -0.3 is 15.2 Å². The van der Waals surface area contributed by atoms with Crippen LogP contribution in [-0.4, -0.2) is 33.0 Å². The molecule has 1 unspecified atom stereocenters. The number of aryl methyl sites for hydroxylation is 1. The fraction of sp³-hybridized carbons (Fsp3) is 0.733. The Kier molecular flexibility index (Phi) is 3.94. The van der Waals surface area contributed by atoms with Gasteiger partial charge >= 0.3 is 0 Å². The highest BCUT2D eigenvalue weighted by molar-refractivity contribution is 5.80. The van der Waals surface area contributed by atoms with Crippen LogP contribution in [0, 0.1) is 0 Å². The van der Waals surface area contributed by atoms with Gasteiger partial charge in [0.2, 0.25) is 0 Å². The zero-order valence-corrected chi connectivity index (χ0v) is 12.3. The minimum absolute atomic E-state index is 0.278. The van der Waals surface area contributed by atoms with E-state index < -0.39 is 0 Å². The summed E-state index contributed by atoms with van der Waals surface area (Å²) in [4.78, 5) is 11.2. The molecular weight excluding hydrogens is 250 g/mol. The first-order valence-electron chi connectivity index (χ1n) is 7.89. The molecule has 110 valence electrons. The summed E-state index contributed by atoms with van der Waals surface area (Å²) >= 11 is 0. The molecule has 1 atom stereocenters. The smallest absolute Gasteiger partial charge is 0.192 e. The molecule has 1 aliphatic heterocycles. The first-order chi connectivity index (χ1) is 9.81. The number of guanidine groups is 1. The van der Waals surface area contributed by atoms with Gasteiger partial charge in [-0.1, -0.05) is 25.7 Å². The number of aliphatic imine (C=N–C) groups is 1. The lowest BCUT2D eigenvalue weighted by Crippen LogP contribution is -2.44. The highest BCUT2D eigenvalue weighted by Gasteiger charge is 2.34. The van der Waals surface area contributed by atoms with Gasteiger partial charge in [-0.25, -0.2) is 4.98 Å². The van der Waals surface area contributed by atoms with Gasteiger partial charge in [0, 0.05) is 12.6 Å². The van der Waals surface area contributed by atoms with Gasteiger partial charge in [0.25, 0.3) is 0 Å². The first-order valence-corrected chi connectivity index (χ1v) is 7.89. The summed E-state index contributed by atoms with van der Waals surface area (Å²) in [7, 11) is 0. The topological polar surface area (TPSA) is 59.4 Å². The Hall–Kier alpha value is -1.52. The molecule has 5 heteroatoms. The van der Waals surface area contributed by atoms with Gasteiger partial charge in [-0.2, -0.15) is 0 Å². The van der Waals surface area contributed by atoms with E-state index in [1.54, 1.807) is 0 Å². The van der Waals surface area contributed by atoms with Gasteiger partial charge in [-0.3, -0.25) is 4.99 Å². The predicted octanol–water partition coefficient (Wildman–Crippen LogP) is 2.30. The van der Waals surface area contributed by atoms with Crippen molar-refractivity contribution in [3.05, 3.63) is 18.2 Å². The van der Waals surface area contributed by atoms with Crippen molar-refractivity contribution in [2.75, 3.05) is 6.54 Å².